The summed E-state index contributed by atoms with van der Waals surface area (Å²) in [6.45, 7) is 1.29. The van der Waals surface area contributed by atoms with Gasteiger partial charge in [0, 0.05) is 19.1 Å². The van der Waals surface area contributed by atoms with E-state index in [4.69, 9.17) is 20.9 Å². The average Bonchev–Trinajstić information content (AvgIpc) is 2.37. The van der Waals surface area contributed by atoms with E-state index < -0.39 is 5.97 Å². The smallest absolute Gasteiger partial charge is 0.308 e. The van der Waals surface area contributed by atoms with Crippen molar-refractivity contribution in [1.82, 2.24) is 0 Å². The molecule has 0 aromatic heterocycles. The molecule has 2 aromatic carbocycles. The zero-order chi connectivity index (χ0) is 14.7. The second kappa shape index (κ2) is 5.40. The molecule has 0 aliphatic carbocycles. The molecule has 6 nitrogen and oxygen atoms in total. The first kappa shape index (κ1) is 13.5. The number of anilines is 2. The van der Waals surface area contributed by atoms with Crippen molar-refractivity contribution in [3.63, 3.8) is 0 Å². The first-order valence-electron chi connectivity index (χ1n) is 5.80. The number of hydrogen-bond acceptors (Lipinski definition) is 6. The van der Waals surface area contributed by atoms with Crippen LogP contribution in [0.2, 0.25) is 0 Å². The number of hydrogen-bond donors (Lipinski definition) is 3. The topological polar surface area (TPSA) is 108 Å². The number of nitrogen functional groups attached to an aromatic ring is 2. The fourth-order valence-electron chi connectivity index (χ4n) is 1.57. The van der Waals surface area contributed by atoms with Crippen LogP contribution in [-0.2, 0) is 4.79 Å². The highest BCUT2D eigenvalue weighted by atomic mass is 16.5. The molecule has 0 atom stereocenters. The van der Waals surface area contributed by atoms with Crippen molar-refractivity contribution < 1.29 is 19.4 Å². The number of esters is 1. The van der Waals surface area contributed by atoms with Crippen LogP contribution in [-0.4, -0.2) is 11.1 Å². The van der Waals surface area contributed by atoms with Crippen LogP contribution in [0.4, 0.5) is 11.4 Å². The summed E-state index contributed by atoms with van der Waals surface area (Å²) in [6.07, 6.45) is 0. The molecule has 5 N–H and O–H groups in total. The van der Waals surface area contributed by atoms with E-state index in [0.717, 1.165) is 0 Å². The molecular weight excluding hydrogens is 260 g/mol. The van der Waals surface area contributed by atoms with Gasteiger partial charge in [-0.2, -0.15) is 0 Å². The fourth-order valence-corrected chi connectivity index (χ4v) is 1.57. The number of rotatable bonds is 3. The average molecular weight is 274 g/mol. The van der Waals surface area contributed by atoms with Crippen molar-refractivity contribution in [2.45, 2.75) is 6.92 Å². The van der Waals surface area contributed by atoms with Gasteiger partial charge >= 0.3 is 5.97 Å². The van der Waals surface area contributed by atoms with Crippen LogP contribution in [0.15, 0.2) is 36.4 Å². The molecule has 0 saturated carbocycles. The van der Waals surface area contributed by atoms with Gasteiger partial charge in [0.05, 0.1) is 11.4 Å². The van der Waals surface area contributed by atoms with Crippen LogP contribution < -0.4 is 20.9 Å². The van der Waals surface area contributed by atoms with E-state index in [-0.39, 0.29) is 22.9 Å². The van der Waals surface area contributed by atoms with E-state index in [1.54, 1.807) is 12.1 Å². The summed E-state index contributed by atoms with van der Waals surface area (Å²) in [6, 6.07) is 9.17. The molecule has 2 rings (SSSR count). The Morgan fingerprint density at radius 2 is 1.65 bits per heavy atom. The summed E-state index contributed by atoms with van der Waals surface area (Å²) >= 11 is 0. The van der Waals surface area contributed by atoms with Crippen LogP contribution in [0.1, 0.15) is 6.92 Å². The number of carbonyl (C=O) groups excluding carboxylic acids is 1. The first-order chi connectivity index (χ1) is 9.45. The highest BCUT2D eigenvalue weighted by molar-refractivity contribution is 5.72. The number of aromatic hydroxyl groups is 1. The maximum atomic E-state index is 10.9. The Kier molecular flexibility index (Phi) is 3.65. The lowest BCUT2D eigenvalue weighted by Gasteiger charge is -2.10. The number of benzene rings is 2. The van der Waals surface area contributed by atoms with Gasteiger partial charge in [-0.05, 0) is 24.3 Å². The van der Waals surface area contributed by atoms with Crippen LogP contribution in [0.25, 0.3) is 0 Å². The number of ether oxygens (including phenoxy) is 2. The number of nitrogens with two attached hydrogens (primary N) is 2. The predicted molar refractivity (Wildman–Crippen MR) is 74.8 cm³/mol. The van der Waals surface area contributed by atoms with Crippen LogP contribution in [0.3, 0.4) is 0 Å². The van der Waals surface area contributed by atoms with Gasteiger partial charge in [-0.1, -0.05) is 0 Å². The van der Waals surface area contributed by atoms with Gasteiger partial charge in [0.25, 0.3) is 0 Å². The quantitative estimate of drug-likeness (QED) is 0.343. The molecule has 0 aliphatic heterocycles. The molecule has 0 radical (unpaired) electrons. The zero-order valence-electron chi connectivity index (χ0n) is 10.8. The van der Waals surface area contributed by atoms with Gasteiger partial charge < -0.3 is 26.0 Å². The van der Waals surface area contributed by atoms with Crippen LogP contribution in [0.5, 0.6) is 23.0 Å². The Hall–Kier alpha value is -2.89. The molecule has 0 spiro atoms. The molecule has 104 valence electrons. The van der Waals surface area contributed by atoms with Crippen molar-refractivity contribution in [2.24, 2.45) is 0 Å². The Morgan fingerprint density at radius 1 is 1.05 bits per heavy atom. The van der Waals surface area contributed by atoms with Crippen molar-refractivity contribution in [3.05, 3.63) is 36.4 Å². The molecule has 0 saturated heterocycles. The normalized spacial score (nSPS) is 10.1. The van der Waals surface area contributed by atoms with Gasteiger partial charge in [0.15, 0.2) is 5.75 Å². The second-order valence-electron chi connectivity index (χ2n) is 4.12. The lowest BCUT2D eigenvalue weighted by atomic mass is 10.2. The first-order valence-corrected chi connectivity index (χ1v) is 5.80. The maximum absolute atomic E-state index is 10.9. The Balaban J connectivity index is 2.19. The number of carbonyl (C=O) groups is 1. The van der Waals surface area contributed by atoms with E-state index >= 15 is 0 Å². The summed E-state index contributed by atoms with van der Waals surface area (Å²) in [4.78, 5) is 10.9. The summed E-state index contributed by atoms with van der Waals surface area (Å²) in [5, 5.41) is 9.33. The SMILES string of the molecule is CC(=O)Oc1ccc(Oc2ccc(O)c(N)c2)cc1N. The van der Waals surface area contributed by atoms with Crippen LogP contribution >= 0.6 is 0 Å². The van der Waals surface area contributed by atoms with E-state index in [9.17, 15) is 9.90 Å². The molecule has 6 heteroatoms. The minimum Gasteiger partial charge on any atom is -0.506 e. The Bertz CT molecular complexity index is 656. The molecule has 0 fully saturated rings. The molecule has 0 heterocycles. The second-order valence-corrected chi connectivity index (χ2v) is 4.12. The van der Waals surface area contributed by atoms with E-state index in [1.807, 2.05) is 0 Å². The summed E-state index contributed by atoms with van der Waals surface area (Å²) in [5.74, 6) is 0.734. The third-order valence-corrected chi connectivity index (χ3v) is 2.47. The molecule has 2 aromatic rings. The van der Waals surface area contributed by atoms with Gasteiger partial charge in [-0.15, -0.1) is 0 Å². The Morgan fingerprint density at radius 3 is 2.20 bits per heavy atom. The van der Waals surface area contributed by atoms with Crippen molar-refractivity contribution in [1.29, 1.82) is 0 Å². The molecular formula is C14H14N2O4. The monoisotopic (exact) mass is 274 g/mol. The third kappa shape index (κ3) is 3.11. The van der Waals surface area contributed by atoms with Gasteiger partial charge in [-0.3, -0.25) is 4.79 Å². The summed E-state index contributed by atoms with van der Waals surface area (Å²) in [5.41, 5.74) is 11.8. The van der Waals surface area contributed by atoms with Gasteiger partial charge in [-0.25, -0.2) is 0 Å². The van der Waals surface area contributed by atoms with Crippen molar-refractivity contribution in [3.8, 4) is 23.0 Å². The highest BCUT2D eigenvalue weighted by Crippen LogP contribution is 2.32. The predicted octanol–water partition coefficient (Wildman–Crippen LogP) is 2.27. The minimum atomic E-state index is -0.448. The number of phenolic OH excluding ortho intramolecular Hbond substituents is 1. The lowest BCUT2D eigenvalue weighted by Crippen LogP contribution is -2.03. The summed E-state index contributed by atoms with van der Waals surface area (Å²) in [7, 11) is 0. The zero-order valence-corrected chi connectivity index (χ0v) is 10.8. The minimum absolute atomic E-state index is 0.0120. The van der Waals surface area contributed by atoms with Gasteiger partial charge in [0.1, 0.15) is 17.2 Å². The van der Waals surface area contributed by atoms with Crippen molar-refractivity contribution in [2.75, 3.05) is 11.5 Å². The standard InChI is InChI=1S/C14H14N2O4/c1-8(17)19-14-5-3-10(7-12(14)16)20-9-2-4-13(18)11(15)6-9/h2-7,18H,15-16H2,1H3. The lowest BCUT2D eigenvalue weighted by molar-refractivity contribution is -0.131. The maximum Gasteiger partial charge on any atom is 0.308 e. The van der Waals surface area contributed by atoms with Crippen molar-refractivity contribution >= 4 is 17.3 Å². The molecule has 0 aliphatic rings. The number of phenols is 1. The fraction of sp³-hybridized carbons (Fsp3) is 0.0714. The van der Waals surface area contributed by atoms with E-state index in [0.29, 0.717) is 11.5 Å². The molecule has 0 unspecified atom stereocenters. The Labute approximate surface area is 115 Å². The van der Waals surface area contributed by atoms with E-state index in [2.05, 4.69) is 0 Å². The van der Waals surface area contributed by atoms with E-state index in [1.165, 1.54) is 31.2 Å². The third-order valence-electron chi connectivity index (χ3n) is 2.47. The van der Waals surface area contributed by atoms with Crippen LogP contribution in [0, 0.1) is 0 Å². The highest BCUT2D eigenvalue weighted by Gasteiger charge is 2.07. The summed E-state index contributed by atoms with van der Waals surface area (Å²) < 4.78 is 10.5. The molecule has 20 heavy (non-hydrogen) atoms. The van der Waals surface area contributed by atoms with Gasteiger partial charge in [0.2, 0.25) is 0 Å². The molecule has 0 amide bonds. The molecule has 0 bridgehead atoms. The largest absolute Gasteiger partial charge is 0.506 e.